The van der Waals surface area contributed by atoms with Crippen molar-refractivity contribution in [1.29, 1.82) is 0 Å². The van der Waals surface area contributed by atoms with Crippen molar-refractivity contribution in [3.8, 4) is 10.6 Å². The van der Waals surface area contributed by atoms with Crippen LogP contribution in [0.3, 0.4) is 0 Å². The summed E-state index contributed by atoms with van der Waals surface area (Å²) in [6, 6.07) is 11.9. The van der Waals surface area contributed by atoms with Crippen LogP contribution >= 0.6 is 11.3 Å². The minimum atomic E-state index is -0.547. The molecule has 0 radical (unpaired) electrons. The summed E-state index contributed by atoms with van der Waals surface area (Å²) in [6.45, 7) is 3.17. The highest BCUT2D eigenvalue weighted by Gasteiger charge is 2.28. The molecule has 0 spiro atoms. The Labute approximate surface area is 176 Å². The number of aryl methyl sites for hydroxylation is 1. The number of rotatable bonds is 3. The van der Waals surface area contributed by atoms with Crippen molar-refractivity contribution in [2.45, 2.75) is 6.92 Å². The lowest BCUT2D eigenvalue weighted by atomic mass is 10.1. The molecule has 4 rings (SSSR count). The molecule has 154 valence electrons. The third kappa shape index (κ3) is 3.95. The van der Waals surface area contributed by atoms with Gasteiger partial charge in [-0.2, -0.15) is 0 Å². The van der Waals surface area contributed by atoms with Crippen LogP contribution in [-0.4, -0.2) is 52.8 Å². The average Bonchev–Trinajstić information content (AvgIpc) is 3.15. The first kappa shape index (κ1) is 20.2. The molecule has 8 heteroatoms. The second-order valence-electron chi connectivity index (χ2n) is 7.00. The minimum absolute atomic E-state index is 0.0412. The monoisotopic (exact) mass is 427 g/mol. The van der Waals surface area contributed by atoms with Gasteiger partial charge in [0, 0.05) is 31.7 Å². The SMILES string of the molecule is Cc1nc(-c2ccc(F)cc2)sc1C(=O)N1CCN(C(=O)c2ccccc2F)CC1. The quantitative estimate of drug-likeness (QED) is 0.635. The van der Waals surface area contributed by atoms with E-state index in [1.165, 1.54) is 35.6 Å². The molecular weight excluding hydrogens is 408 g/mol. The number of piperazine rings is 1. The molecule has 0 N–H and O–H groups in total. The molecule has 2 amide bonds. The fourth-order valence-corrected chi connectivity index (χ4v) is 4.41. The van der Waals surface area contributed by atoms with E-state index in [0.29, 0.717) is 41.8 Å². The van der Waals surface area contributed by atoms with Crippen LogP contribution in [0.15, 0.2) is 48.5 Å². The Morgan fingerprint density at radius 2 is 1.50 bits per heavy atom. The molecule has 0 atom stereocenters. The second-order valence-corrected chi connectivity index (χ2v) is 8.00. The highest BCUT2D eigenvalue weighted by Crippen LogP contribution is 2.29. The molecule has 30 heavy (non-hydrogen) atoms. The fourth-order valence-electron chi connectivity index (χ4n) is 3.37. The molecule has 1 saturated heterocycles. The summed E-state index contributed by atoms with van der Waals surface area (Å²) in [6.07, 6.45) is 0. The van der Waals surface area contributed by atoms with E-state index in [4.69, 9.17) is 0 Å². The van der Waals surface area contributed by atoms with Gasteiger partial charge in [0.05, 0.1) is 11.3 Å². The van der Waals surface area contributed by atoms with Crippen molar-refractivity contribution in [2.24, 2.45) is 0 Å². The van der Waals surface area contributed by atoms with E-state index >= 15 is 0 Å². The molecule has 0 unspecified atom stereocenters. The Hall–Kier alpha value is -3.13. The summed E-state index contributed by atoms with van der Waals surface area (Å²) in [4.78, 5) is 33.8. The molecule has 0 bridgehead atoms. The Kier molecular flexibility index (Phi) is 5.59. The van der Waals surface area contributed by atoms with E-state index in [1.54, 1.807) is 41.0 Å². The third-order valence-electron chi connectivity index (χ3n) is 5.04. The third-order valence-corrected chi connectivity index (χ3v) is 6.23. The van der Waals surface area contributed by atoms with Gasteiger partial charge in [-0.25, -0.2) is 13.8 Å². The van der Waals surface area contributed by atoms with E-state index in [1.807, 2.05) is 0 Å². The van der Waals surface area contributed by atoms with Gasteiger partial charge in [0.25, 0.3) is 11.8 Å². The highest BCUT2D eigenvalue weighted by atomic mass is 32.1. The van der Waals surface area contributed by atoms with Gasteiger partial charge in [-0.3, -0.25) is 9.59 Å². The van der Waals surface area contributed by atoms with Crippen molar-refractivity contribution in [2.75, 3.05) is 26.2 Å². The van der Waals surface area contributed by atoms with Crippen LogP contribution in [-0.2, 0) is 0 Å². The molecule has 1 aliphatic heterocycles. The molecule has 0 aliphatic carbocycles. The smallest absolute Gasteiger partial charge is 0.265 e. The maximum atomic E-state index is 13.9. The topological polar surface area (TPSA) is 53.5 Å². The summed E-state index contributed by atoms with van der Waals surface area (Å²) < 4.78 is 27.0. The van der Waals surface area contributed by atoms with E-state index in [0.717, 1.165) is 5.56 Å². The van der Waals surface area contributed by atoms with Gasteiger partial charge in [0.1, 0.15) is 21.5 Å². The lowest BCUT2D eigenvalue weighted by Gasteiger charge is -2.34. The largest absolute Gasteiger partial charge is 0.335 e. The van der Waals surface area contributed by atoms with Gasteiger partial charge in [0.2, 0.25) is 0 Å². The summed E-state index contributed by atoms with van der Waals surface area (Å²) >= 11 is 1.27. The number of hydrogen-bond acceptors (Lipinski definition) is 4. The van der Waals surface area contributed by atoms with Gasteiger partial charge >= 0.3 is 0 Å². The van der Waals surface area contributed by atoms with Crippen molar-refractivity contribution in [1.82, 2.24) is 14.8 Å². The Morgan fingerprint density at radius 3 is 2.13 bits per heavy atom. The van der Waals surface area contributed by atoms with Crippen molar-refractivity contribution in [3.05, 3.63) is 76.3 Å². The molecule has 2 heterocycles. The molecule has 3 aromatic rings. The molecular formula is C22H19F2N3O2S. The second kappa shape index (κ2) is 8.31. The number of nitrogens with zero attached hydrogens (tertiary/aromatic N) is 3. The number of carbonyl (C=O) groups is 2. The standard InChI is InChI=1S/C22H19F2N3O2S/c1-14-19(30-20(25-14)15-6-8-16(23)9-7-15)22(29)27-12-10-26(11-13-27)21(28)17-4-2-3-5-18(17)24/h2-9H,10-13H2,1H3. The normalized spacial score (nSPS) is 14.1. The predicted molar refractivity (Wildman–Crippen MR) is 110 cm³/mol. The lowest BCUT2D eigenvalue weighted by Crippen LogP contribution is -2.50. The van der Waals surface area contributed by atoms with Crippen LogP contribution in [0.25, 0.3) is 10.6 Å². The maximum absolute atomic E-state index is 13.9. The number of halogens is 2. The average molecular weight is 427 g/mol. The summed E-state index contributed by atoms with van der Waals surface area (Å²) in [5.41, 5.74) is 1.41. The van der Waals surface area contributed by atoms with Crippen molar-refractivity contribution < 1.29 is 18.4 Å². The van der Waals surface area contributed by atoms with Crippen LogP contribution < -0.4 is 0 Å². The number of amides is 2. The summed E-state index contributed by atoms with van der Waals surface area (Å²) in [5, 5.41) is 0.657. The minimum Gasteiger partial charge on any atom is -0.335 e. The molecule has 5 nitrogen and oxygen atoms in total. The first-order chi connectivity index (χ1) is 14.4. The number of aromatic nitrogens is 1. The Balaban J connectivity index is 1.44. The van der Waals surface area contributed by atoms with Gasteiger partial charge < -0.3 is 9.80 Å². The van der Waals surface area contributed by atoms with E-state index in [-0.39, 0.29) is 23.2 Å². The zero-order valence-corrected chi connectivity index (χ0v) is 17.1. The zero-order chi connectivity index (χ0) is 21.3. The summed E-state index contributed by atoms with van der Waals surface area (Å²) in [7, 11) is 0. The number of benzene rings is 2. The molecule has 2 aromatic carbocycles. The first-order valence-electron chi connectivity index (χ1n) is 9.50. The highest BCUT2D eigenvalue weighted by molar-refractivity contribution is 7.17. The van der Waals surface area contributed by atoms with Crippen molar-refractivity contribution in [3.63, 3.8) is 0 Å². The fraction of sp³-hybridized carbons (Fsp3) is 0.227. The van der Waals surface area contributed by atoms with Crippen LogP contribution in [0, 0.1) is 18.6 Å². The van der Waals surface area contributed by atoms with Gasteiger partial charge in [-0.1, -0.05) is 12.1 Å². The number of carbonyl (C=O) groups excluding carboxylic acids is 2. The first-order valence-corrected chi connectivity index (χ1v) is 10.3. The molecule has 1 aromatic heterocycles. The number of thiazole rings is 1. The maximum Gasteiger partial charge on any atom is 0.265 e. The number of hydrogen-bond donors (Lipinski definition) is 0. The molecule has 0 saturated carbocycles. The van der Waals surface area contributed by atoms with Gasteiger partial charge in [-0.05, 0) is 43.3 Å². The van der Waals surface area contributed by atoms with E-state index in [9.17, 15) is 18.4 Å². The van der Waals surface area contributed by atoms with Crippen LogP contribution in [0.1, 0.15) is 25.7 Å². The van der Waals surface area contributed by atoms with Gasteiger partial charge in [0.15, 0.2) is 0 Å². The molecule has 1 aliphatic rings. The van der Waals surface area contributed by atoms with Crippen molar-refractivity contribution >= 4 is 23.2 Å². The van der Waals surface area contributed by atoms with Crippen LogP contribution in [0.2, 0.25) is 0 Å². The summed E-state index contributed by atoms with van der Waals surface area (Å²) in [5.74, 6) is -1.38. The molecule has 1 fully saturated rings. The van der Waals surface area contributed by atoms with Crippen LogP contribution in [0.5, 0.6) is 0 Å². The Bertz CT molecular complexity index is 1090. The lowest BCUT2D eigenvalue weighted by molar-refractivity contribution is 0.0535. The van der Waals surface area contributed by atoms with Crippen LogP contribution in [0.4, 0.5) is 8.78 Å². The Morgan fingerprint density at radius 1 is 0.900 bits per heavy atom. The predicted octanol–water partition coefficient (Wildman–Crippen LogP) is 3.99. The zero-order valence-electron chi connectivity index (χ0n) is 16.3. The van der Waals surface area contributed by atoms with Gasteiger partial charge in [-0.15, -0.1) is 11.3 Å². The van der Waals surface area contributed by atoms with E-state index < -0.39 is 5.82 Å². The van der Waals surface area contributed by atoms with E-state index in [2.05, 4.69) is 4.98 Å².